The lowest BCUT2D eigenvalue weighted by Gasteiger charge is -2.25. The van der Waals surface area contributed by atoms with Gasteiger partial charge in [0.25, 0.3) is 0 Å². The molecule has 2 aromatic heterocycles. The molecule has 3 heteroatoms. The predicted octanol–water partition coefficient (Wildman–Crippen LogP) is 5.55. The van der Waals surface area contributed by atoms with E-state index in [9.17, 15) is 0 Å². The van der Waals surface area contributed by atoms with Gasteiger partial charge >= 0.3 is 0 Å². The highest BCUT2D eigenvalue weighted by molar-refractivity contribution is 5.25. The largest absolute Gasteiger partial charge is 0.477 e. The lowest BCUT2D eigenvalue weighted by atomic mass is 9.84. The van der Waals surface area contributed by atoms with Gasteiger partial charge in [0.2, 0.25) is 5.88 Å². The molecule has 0 aliphatic carbocycles. The van der Waals surface area contributed by atoms with Crippen molar-refractivity contribution in [2.75, 3.05) is 6.61 Å². The Balaban J connectivity index is 2.04. The van der Waals surface area contributed by atoms with Crippen LogP contribution in [-0.4, -0.2) is 16.6 Å². The van der Waals surface area contributed by atoms with Crippen molar-refractivity contribution in [3.05, 3.63) is 53.5 Å². The molecular formula is C22H32N2O. The maximum atomic E-state index is 5.99. The topological polar surface area (TPSA) is 35.0 Å². The molecule has 2 rings (SSSR count). The van der Waals surface area contributed by atoms with E-state index in [-0.39, 0.29) is 10.8 Å². The lowest BCUT2D eigenvalue weighted by Crippen LogP contribution is -2.25. The van der Waals surface area contributed by atoms with E-state index in [2.05, 4.69) is 70.6 Å². The maximum Gasteiger partial charge on any atom is 0.213 e. The number of rotatable bonds is 6. The van der Waals surface area contributed by atoms with Crippen LogP contribution in [0.1, 0.15) is 71.2 Å². The second-order valence-electron chi connectivity index (χ2n) is 9.00. The Labute approximate surface area is 152 Å². The molecule has 0 atom stereocenters. The second kappa shape index (κ2) is 7.55. The van der Waals surface area contributed by atoms with Crippen molar-refractivity contribution in [2.45, 2.75) is 66.2 Å². The van der Waals surface area contributed by atoms with Gasteiger partial charge in [-0.1, -0.05) is 48.5 Å². The fourth-order valence-corrected chi connectivity index (χ4v) is 2.71. The fourth-order valence-electron chi connectivity index (χ4n) is 2.71. The second-order valence-corrected chi connectivity index (χ2v) is 9.00. The minimum Gasteiger partial charge on any atom is -0.477 e. The summed E-state index contributed by atoms with van der Waals surface area (Å²) in [6, 6.07) is 8.41. The summed E-state index contributed by atoms with van der Waals surface area (Å²) in [4.78, 5) is 8.90. The summed E-state index contributed by atoms with van der Waals surface area (Å²) in [5.74, 6) is 1.18. The molecule has 0 saturated heterocycles. The highest BCUT2D eigenvalue weighted by Crippen LogP contribution is 2.27. The summed E-state index contributed by atoms with van der Waals surface area (Å²) in [6.07, 6.45) is 4.62. The van der Waals surface area contributed by atoms with Crippen LogP contribution in [0.3, 0.4) is 0 Å². The zero-order valence-corrected chi connectivity index (χ0v) is 16.8. The van der Waals surface area contributed by atoms with Crippen LogP contribution in [0.5, 0.6) is 5.88 Å². The first-order valence-corrected chi connectivity index (χ1v) is 9.11. The van der Waals surface area contributed by atoms with Crippen LogP contribution in [0, 0.1) is 5.41 Å². The first-order chi connectivity index (χ1) is 11.6. The molecule has 2 aromatic rings. The monoisotopic (exact) mass is 340 g/mol. The van der Waals surface area contributed by atoms with E-state index in [1.165, 1.54) is 11.1 Å². The van der Waals surface area contributed by atoms with E-state index < -0.39 is 0 Å². The molecule has 0 amide bonds. The van der Waals surface area contributed by atoms with Gasteiger partial charge in [0.15, 0.2) is 0 Å². The number of pyridine rings is 2. The smallest absolute Gasteiger partial charge is 0.213 e. The van der Waals surface area contributed by atoms with Crippen molar-refractivity contribution in [3.8, 4) is 5.88 Å². The van der Waals surface area contributed by atoms with E-state index in [1.54, 1.807) is 0 Å². The Morgan fingerprint density at radius 3 is 2.28 bits per heavy atom. The number of ether oxygens (including phenoxy) is 1. The SMILES string of the molecule is CC(C)c1ccnc(OCC(C)(C)Cc2cc(C(C)(C)C)ccn2)c1. The molecule has 0 aliphatic heterocycles. The molecule has 136 valence electrons. The minimum absolute atomic E-state index is 0.0149. The molecule has 0 aromatic carbocycles. The minimum atomic E-state index is -0.0149. The van der Waals surface area contributed by atoms with Gasteiger partial charge in [0.05, 0.1) is 6.61 Å². The summed E-state index contributed by atoms with van der Waals surface area (Å²) in [5, 5.41) is 0. The molecular weight excluding hydrogens is 308 g/mol. The van der Waals surface area contributed by atoms with Crippen LogP contribution in [0.15, 0.2) is 36.7 Å². The van der Waals surface area contributed by atoms with Gasteiger partial charge in [-0.3, -0.25) is 4.98 Å². The average molecular weight is 341 g/mol. The third-order valence-corrected chi connectivity index (χ3v) is 4.38. The summed E-state index contributed by atoms with van der Waals surface area (Å²) in [7, 11) is 0. The molecule has 0 fully saturated rings. The van der Waals surface area contributed by atoms with E-state index in [4.69, 9.17) is 4.74 Å². The molecule has 2 heterocycles. The Morgan fingerprint density at radius 2 is 1.64 bits per heavy atom. The van der Waals surface area contributed by atoms with Crippen LogP contribution >= 0.6 is 0 Å². The van der Waals surface area contributed by atoms with Gasteiger partial charge in [-0.15, -0.1) is 0 Å². The molecule has 0 radical (unpaired) electrons. The van der Waals surface area contributed by atoms with E-state index in [0.717, 1.165) is 12.1 Å². The van der Waals surface area contributed by atoms with Crippen LogP contribution in [0.2, 0.25) is 0 Å². The standard InChI is InChI=1S/C22H32N2O/c1-16(2)17-8-10-24-20(12-17)25-15-22(6,7)14-19-13-18(9-11-23-19)21(3,4)5/h8-13,16H,14-15H2,1-7H3. The number of nitrogens with zero attached hydrogens (tertiary/aromatic N) is 2. The van der Waals surface area contributed by atoms with E-state index >= 15 is 0 Å². The van der Waals surface area contributed by atoms with Gasteiger partial charge in [0, 0.05) is 29.6 Å². The van der Waals surface area contributed by atoms with Gasteiger partial charge in [0.1, 0.15) is 0 Å². The quantitative estimate of drug-likeness (QED) is 0.692. The van der Waals surface area contributed by atoms with Crippen molar-refractivity contribution in [3.63, 3.8) is 0 Å². The summed E-state index contributed by atoms with van der Waals surface area (Å²) in [5.41, 5.74) is 3.81. The Morgan fingerprint density at radius 1 is 0.960 bits per heavy atom. The van der Waals surface area contributed by atoms with Crippen molar-refractivity contribution < 1.29 is 4.74 Å². The fraction of sp³-hybridized carbons (Fsp3) is 0.545. The summed E-state index contributed by atoms with van der Waals surface area (Å²) >= 11 is 0. The molecule has 0 bridgehead atoms. The molecule has 0 aliphatic rings. The van der Waals surface area contributed by atoms with Gasteiger partial charge in [-0.2, -0.15) is 0 Å². The van der Waals surface area contributed by atoms with E-state index in [1.807, 2.05) is 24.5 Å². The lowest BCUT2D eigenvalue weighted by molar-refractivity contribution is 0.173. The zero-order chi connectivity index (χ0) is 18.7. The normalized spacial score (nSPS) is 12.5. The first kappa shape index (κ1) is 19.4. The van der Waals surface area contributed by atoms with Crippen LogP contribution in [0.25, 0.3) is 0 Å². The van der Waals surface area contributed by atoms with Gasteiger partial charge < -0.3 is 4.74 Å². The number of aromatic nitrogens is 2. The van der Waals surface area contributed by atoms with Crippen LogP contribution in [-0.2, 0) is 11.8 Å². The average Bonchev–Trinajstić information content (AvgIpc) is 2.52. The Kier molecular flexibility index (Phi) is 5.87. The highest BCUT2D eigenvalue weighted by Gasteiger charge is 2.22. The summed E-state index contributed by atoms with van der Waals surface area (Å²) < 4.78 is 5.99. The molecule has 0 unspecified atom stereocenters. The number of hydrogen-bond acceptors (Lipinski definition) is 3. The van der Waals surface area contributed by atoms with Crippen LogP contribution < -0.4 is 4.74 Å². The van der Waals surface area contributed by atoms with Crippen molar-refractivity contribution in [1.29, 1.82) is 0 Å². The third-order valence-electron chi connectivity index (χ3n) is 4.38. The van der Waals surface area contributed by atoms with E-state index in [0.29, 0.717) is 18.4 Å². The Bertz CT molecular complexity index is 699. The van der Waals surface area contributed by atoms with Crippen molar-refractivity contribution in [1.82, 2.24) is 9.97 Å². The summed E-state index contributed by atoms with van der Waals surface area (Å²) in [6.45, 7) is 16.1. The maximum absolute atomic E-state index is 5.99. The predicted molar refractivity (Wildman–Crippen MR) is 104 cm³/mol. The van der Waals surface area contributed by atoms with Gasteiger partial charge in [-0.25, -0.2) is 4.98 Å². The Hall–Kier alpha value is -1.90. The van der Waals surface area contributed by atoms with Crippen molar-refractivity contribution >= 4 is 0 Å². The highest BCUT2D eigenvalue weighted by atomic mass is 16.5. The zero-order valence-electron chi connectivity index (χ0n) is 16.8. The first-order valence-electron chi connectivity index (χ1n) is 9.11. The third kappa shape index (κ3) is 5.84. The number of hydrogen-bond donors (Lipinski definition) is 0. The molecule has 0 saturated carbocycles. The molecule has 25 heavy (non-hydrogen) atoms. The van der Waals surface area contributed by atoms with Gasteiger partial charge in [-0.05, 0) is 47.1 Å². The molecule has 3 nitrogen and oxygen atoms in total. The molecule has 0 N–H and O–H groups in total. The molecule has 0 spiro atoms. The van der Waals surface area contributed by atoms with Crippen molar-refractivity contribution in [2.24, 2.45) is 5.41 Å². The van der Waals surface area contributed by atoms with Crippen LogP contribution in [0.4, 0.5) is 0 Å².